The molecule has 170 valence electrons. The molecule has 34 heavy (non-hydrogen) atoms. The first-order valence-corrected chi connectivity index (χ1v) is 11.7. The summed E-state index contributed by atoms with van der Waals surface area (Å²) in [4.78, 5) is 17.3. The second kappa shape index (κ2) is 9.98. The molecule has 0 saturated heterocycles. The summed E-state index contributed by atoms with van der Waals surface area (Å²) in [6.45, 7) is 1.64. The normalized spacial score (nSPS) is 11.1. The number of carbonyl (C=O) groups is 1. The number of hydrogen-bond donors (Lipinski definition) is 1. The molecule has 4 aromatic carbocycles. The van der Waals surface area contributed by atoms with Crippen LogP contribution in [0.4, 0.5) is 0 Å². The third-order valence-corrected chi connectivity index (χ3v) is 6.01. The predicted octanol–water partition coefficient (Wildman–Crippen LogP) is 5.89. The molecule has 1 N–H and O–H groups in total. The Kier molecular flexibility index (Phi) is 6.45. The number of imidazole rings is 1. The van der Waals surface area contributed by atoms with Crippen LogP contribution < -0.4 is 10.1 Å². The number of hydrogen-bond acceptors (Lipinski definition) is 3. The zero-order valence-corrected chi connectivity index (χ0v) is 19.3. The van der Waals surface area contributed by atoms with Gasteiger partial charge in [0.25, 0.3) is 5.91 Å². The van der Waals surface area contributed by atoms with Crippen LogP contribution in [-0.4, -0.2) is 28.6 Å². The van der Waals surface area contributed by atoms with E-state index in [1.165, 1.54) is 0 Å². The van der Waals surface area contributed by atoms with Crippen molar-refractivity contribution in [2.24, 2.45) is 0 Å². The molecule has 0 atom stereocenters. The highest BCUT2D eigenvalue weighted by Crippen LogP contribution is 2.25. The van der Waals surface area contributed by atoms with Gasteiger partial charge in [-0.15, -0.1) is 0 Å². The quantitative estimate of drug-likeness (QED) is 0.308. The fraction of sp³-hybridized carbons (Fsp3) is 0.143. The van der Waals surface area contributed by atoms with Crippen LogP contribution in [0, 0.1) is 0 Å². The SMILES string of the molecule is O=C(NCCc1nc2ccccc2n1CCOc1cccc2ccccc12)c1cccc(Cl)c1. The first-order valence-electron chi connectivity index (χ1n) is 11.3. The topological polar surface area (TPSA) is 56.2 Å². The number of halogens is 1. The summed E-state index contributed by atoms with van der Waals surface area (Å²) in [6.07, 6.45) is 0.606. The van der Waals surface area contributed by atoms with E-state index in [0.717, 1.165) is 33.4 Å². The molecule has 1 amide bonds. The summed E-state index contributed by atoms with van der Waals surface area (Å²) < 4.78 is 8.35. The van der Waals surface area contributed by atoms with Gasteiger partial charge in [-0.05, 0) is 41.8 Å². The lowest BCUT2D eigenvalue weighted by atomic mass is 10.1. The third kappa shape index (κ3) is 4.75. The van der Waals surface area contributed by atoms with Crippen molar-refractivity contribution in [2.75, 3.05) is 13.2 Å². The summed E-state index contributed by atoms with van der Waals surface area (Å²) in [5.41, 5.74) is 2.54. The molecule has 0 bridgehead atoms. The van der Waals surface area contributed by atoms with Gasteiger partial charge in [0.05, 0.1) is 17.6 Å². The summed E-state index contributed by atoms with van der Waals surface area (Å²) in [5.74, 6) is 1.64. The molecule has 5 aromatic rings. The Morgan fingerprint density at radius 3 is 2.65 bits per heavy atom. The van der Waals surface area contributed by atoms with E-state index in [4.69, 9.17) is 21.3 Å². The van der Waals surface area contributed by atoms with Crippen LogP contribution in [0.1, 0.15) is 16.2 Å². The van der Waals surface area contributed by atoms with Crippen molar-refractivity contribution in [3.05, 3.63) is 107 Å². The van der Waals surface area contributed by atoms with E-state index >= 15 is 0 Å². The molecular weight excluding hydrogens is 446 g/mol. The highest BCUT2D eigenvalue weighted by atomic mass is 35.5. The summed E-state index contributed by atoms with van der Waals surface area (Å²) >= 11 is 6.00. The number of nitrogens with one attached hydrogen (secondary N) is 1. The number of nitrogens with zero attached hydrogens (tertiary/aromatic N) is 2. The van der Waals surface area contributed by atoms with Gasteiger partial charge in [-0.25, -0.2) is 4.98 Å². The van der Waals surface area contributed by atoms with Gasteiger partial charge in [0.2, 0.25) is 0 Å². The van der Waals surface area contributed by atoms with Gasteiger partial charge in [-0.1, -0.05) is 66.2 Å². The van der Waals surface area contributed by atoms with E-state index in [0.29, 0.717) is 36.7 Å². The summed E-state index contributed by atoms with van der Waals surface area (Å²) in [7, 11) is 0. The average Bonchev–Trinajstić information content (AvgIpc) is 3.21. The molecule has 6 heteroatoms. The Bertz CT molecular complexity index is 1460. The smallest absolute Gasteiger partial charge is 0.251 e. The van der Waals surface area contributed by atoms with E-state index < -0.39 is 0 Å². The molecular formula is C28H24ClN3O2. The number of carbonyl (C=O) groups excluding carboxylic acids is 1. The van der Waals surface area contributed by atoms with Gasteiger partial charge in [0, 0.05) is 28.9 Å². The van der Waals surface area contributed by atoms with Crippen molar-refractivity contribution in [3.8, 4) is 5.75 Å². The standard InChI is InChI=1S/C28H24ClN3O2/c29-22-10-5-9-21(19-22)28(33)30-16-15-27-31-24-12-3-4-13-25(24)32(27)17-18-34-26-14-6-8-20-7-1-2-11-23(20)26/h1-14,19H,15-18H2,(H,30,33). The van der Waals surface area contributed by atoms with E-state index in [1.807, 2.05) is 42.5 Å². The van der Waals surface area contributed by atoms with E-state index in [9.17, 15) is 4.79 Å². The Balaban J connectivity index is 1.28. The van der Waals surface area contributed by atoms with Gasteiger partial charge >= 0.3 is 0 Å². The third-order valence-electron chi connectivity index (χ3n) is 5.78. The maximum atomic E-state index is 12.5. The Hall–Kier alpha value is -3.83. The minimum absolute atomic E-state index is 0.149. The predicted molar refractivity (Wildman–Crippen MR) is 137 cm³/mol. The maximum absolute atomic E-state index is 12.5. The molecule has 1 heterocycles. The molecule has 0 radical (unpaired) electrons. The number of aromatic nitrogens is 2. The molecule has 0 aliphatic carbocycles. The van der Waals surface area contributed by atoms with Crippen LogP contribution in [0.5, 0.6) is 5.75 Å². The zero-order valence-electron chi connectivity index (χ0n) is 18.6. The Labute approximate surface area is 203 Å². The minimum atomic E-state index is -0.149. The van der Waals surface area contributed by atoms with Gasteiger partial charge in [-0.2, -0.15) is 0 Å². The highest BCUT2D eigenvalue weighted by molar-refractivity contribution is 6.30. The number of amides is 1. The molecule has 0 aliphatic rings. The van der Waals surface area contributed by atoms with Gasteiger partial charge in [0.1, 0.15) is 18.2 Å². The monoisotopic (exact) mass is 469 g/mol. The second-order valence-electron chi connectivity index (χ2n) is 8.01. The number of benzene rings is 4. The van der Waals surface area contributed by atoms with Gasteiger partial charge < -0.3 is 14.6 Å². The lowest BCUT2D eigenvalue weighted by Crippen LogP contribution is -2.26. The lowest BCUT2D eigenvalue weighted by molar-refractivity contribution is 0.0954. The number of ether oxygens (including phenoxy) is 1. The fourth-order valence-corrected chi connectivity index (χ4v) is 4.34. The second-order valence-corrected chi connectivity index (χ2v) is 8.45. The minimum Gasteiger partial charge on any atom is -0.491 e. The number of rotatable bonds is 8. The first-order chi connectivity index (χ1) is 16.7. The van der Waals surface area contributed by atoms with Crippen LogP contribution in [0.2, 0.25) is 5.02 Å². The van der Waals surface area contributed by atoms with Crippen molar-refractivity contribution >= 4 is 39.3 Å². The van der Waals surface area contributed by atoms with E-state index in [1.54, 1.807) is 24.3 Å². The van der Waals surface area contributed by atoms with Gasteiger partial charge in [0.15, 0.2) is 0 Å². The lowest BCUT2D eigenvalue weighted by Gasteiger charge is -2.13. The molecule has 5 nitrogen and oxygen atoms in total. The molecule has 0 fully saturated rings. The van der Waals surface area contributed by atoms with Crippen molar-refractivity contribution < 1.29 is 9.53 Å². The summed E-state index contributed by atoms with van der Waals surface area (Å²) in [6, 6.07) is 29.3. The Morgan fingerprint density at radius 1 is 0.941 bits per heavy atom. The molecule has 0 aliphatic heterocycles. The average molecular weight is 470 g/mol. The van der Waals surface area contributed by atoms with Crippen molar-refractivity contribution in [3.63, 3.8) is 0 Å². The van der Waals surface area contributed by atoms with Crippen LogP contribution in [-0.2, 0) is 13.0 Å². The fourth-order valence-electron chi connectivity index (χ4n) is 4.15. The summed E-state index contributed by atoms with van der Waals surface area (Å²) in [5, 5.41) is 5.77. The van der Waals surface area contributed by atoms with Crippen LogP contribution in [0.15, 0.2) is 91.0 Å². The van der Waals surface area contributed by atoms with Crippen molar-refractivity contribution in [1.29, 1.82) is 0 Å². The van der Waals surface area contributed by atoms with Crippen LogP contribution in [0.25, 0.3) is 21.8 Å². The Morgan fingerprint density at radius 2 is 1.74 bits per heavy atom. The number of para-hydroxylation sites is 2. The largest absolute Gasteiger partial charge is 0.491 e. The number of fused-ring (bicyclic) bond motifs is 2. The first kappa shape index (κ1) is 22.0. The zero-order chi connectivity index (χ0) is 23.3. The highest BCUT2D eigenvalue weighted by Gasteiger charge is 2.12. The van der Waals surface area contributed by atoms with E-state index in [-0.39, 0.29) is 5.91 Å². The maximum Gasteiger partial charge on any atom is 0.251 e. The van der Waals surface area contributed by atoms with Crippen LogP contribution >= 0.6 is 11.6 Å². The van der Waals surface area contributed by atoms with Crippen molar-refractivity contribution in [2.45, 2.75) is 13.0 Å². The molecule has 1 aromatic heterocycles. The molecule has 5 rings (SSSR count). The molecule has 0 unspecified atom stereocenters. The van der Waals surface area contributed by atoms with E-state index in [2.05, 4.69) is 34.1 Å². The van der Waals surface area contributed by atoms with Crippen molar-refractivity contribution in [1.82, 2.24) is 14.9 Å². The molecule has 0 spiro atoms. The van der Waals surface area contributed by atoms with Gasteiger partial charge in [-0.3, -0.25) is 4.79 Å². The van der Waals surface area contributed by atoms with Crippen LogP contribution in [0.3, 0.4) is 0 Å². The molecule has 0 saturated carbocycles.